The molecule has 4 aromatic rings. The largest absolute Gasteiger partial charge is 0.477 e. The lowest BCUT2D eigenvalue weighted by molar-refractivity contribution is 0.328. The average Bonchev–Trinajstić information content (AvgIpc) is 3.19. The number of hydrogen-bond acceptors (Lipinski definition) is 6. The minimum Gasteiger partial charge on any atom is -0.477 e. The highest BCUT2D eigenvalue weighted by molar-refractivity contribution is 6.30. The summed E-state index contributed by atoms with van der Waals surface area (Å²) in [6.45, 7) is 2.37. The second-order valence-corrected chi connectivity index (χ2v) is 6.08. The van der Waals surface area contributed by atoms with Crippen molar-refractivity contribution in [2.24, 2.45) is 0 Å². The first-order valence-electron chi connectivity index (χ1n) is 8.39. The molecule has 0 aliphatic heterocycles. The standard InChI is InChI=1S/C20H15ClN4O2/c1-2-26-20-16(7-8-17(23-20)13-3-5-15(21)6-4-13)18-24-19(27-25-18)14-9-11-22-12-10-14/h3-12H,2H2,1H3. The van der Waals surface area contributed by atoms with E-state index in [4.69, 9.17) is 20.9 Å². The molecule has 0 bridgehead atoms. The fraction of sp³-hybridized carbons (Fsp3) is 0.100. The number of nitrogens with zero attached hydrogens (tertiary/aromatic N) is 4. The number of aromatic nitrogens is 4. The zero-order valence-corrected chi connectivity index (χ0v) is 15.2. The number of ether oxygens (including phenoxy) is 1. The molecule has 0 aliphatic rings. The van der Waals surface area contributed by atoms with Crippen LogP contribution in [-0.4, -0.2) is 26.7 Å². The lowest BCUT2D eigenvalue weighted by atomic mass is 10.1. The molecule has 3 heterocycles. The van der Waals surface area contributed by atoms with Crippen molar-refractivity contribution < 1.29 is 9.26 Å². The van der Waals surface area contributed by atoms with Gasteiger partial charge in [0.15, 0.2) is 0 Å². The smallest absolute Gasteiger partial charge is 0.258 e. The van der Waals surface area contributed by atoms with Crippen LogP contribution in [-0.2, 0) is 0 Å². The predicted molar refractivity (Wildman–Crippen MR) is 102 cm³/mol. The Balaban J connectivity index is 1.72. The first-order valence-corrected chi connectivity index (χ1v) is 8.76. The summed E-state index contributed by atoms with van der Waals surface area (Å²) in [5.74, 6) is 1.28. The third-order valence-corrected chi connectivity index (χ3v) is 4.13. The summed E-state index contributed by atoms with van der Waals surface area (Å²) in [6.07, 6.45) is 3.35. The van der Waals surface area contributed by atoms with E-state index < -0.39 is 0 Å². The second-order valence-electron chi connectivity index (χ2n) is 5.65. The van der Waals surface area contributed by atoms with Crippen molar-refractivity contribution >= 4 is 11.6 Å². The van der Waals surface area contributed by atoms with Crippen molar-refractivity contribution in [2.75, 3.05) is 6.61 Å². The van der Waals surface area contributed by atoms with E-state index in [-0.39, 0.29) is 0 Å². The number of hydrogen-bond donors (Lipinski definition) is 0. The summed E-state index contributed by atoms with van der Waals surface area (Å²) in [5.41, 5.74) is 3.18. The molecule has 0 fully saturated rings. The van der Waals surface area contributed by atoms with Gasteiger partial charge < -0.3 is 9.26 Å². The molecule has 0 radical (unpaired) electrons. The monoisotopic (exact) mass is 378 g/mol. The van der Waals surface area contributed by atoms with Crippen LogP contribution in [0.3, 0.4) is 0 Å². The first kappa shape index (κ1) is 17.2. The zero-order valence-electron chi connectivity index (χ0n) is 14.5. The van der Waals surface area contributed by atoms with Crippen LogP contribution >= 0.6 is 11.6 Å². The molecule has 0 spiro atoms. The van der Waals surface area contributed by atoms with Gasteiger partial charge in [-0.1, -0.05) is 28.9 Å². The molecule has 6 nitrogen and oxygen atoms in total. The molecule has 0 saturated carbocycles. The van der Waals surface area contributed by atoms with E-state index in [2.05, 4.69) is 20.1 Å². The van der Waals surface area contributed by atoms with Crippen LogP contribution in [0.4, 0.5) is 0 Å². The maximum atomic E-state index is 5.96. The lowest BCUT2D eigenvalue weighted by Gasteiger charge is -2.09. The van der Waals surface area contributed by atoms with E-state index in [9.17, 15) is 0 Å². The fourth-order valence-corrected chi connectivity index (χ4v) is 2.71. The predicted octanol–water partition coefficient (Wildman–Crippen LogP) is 4.91. The Morgan fingerprint density at radius 3 is 2.44 bits per heavy atom. The van der Waals surface area contributed by atoms with Crippen LogP contribution < -0.4 is 4.74 Å². The molecule has 3 aromatic heterocycles. The average molecular weight is 379 g/mol. The van der Waals surface area contributed by atoms with Gasteiger partial charge in [-0.25, -0.2) is 4.98 Å². The molecule has 0 saturated heterocycles. The van der Waals surface area contributed by atoms with Gasteiger partial charge in [-0.15, -0.1) is 0 Å². The topological polar surface area (TPSA) is 73.9 Å². The molecule has 4 rings (SSSR count). The van der Waals surface area contributed by atoms with Gasteiger partial charge in [-0.3, -0.25) is 4.98 Å². The van der Waals surface area contributed by atoms with E-state index in [1.54, 1.807) is 12.4 Å². The molecule has 0 unspecified atom stereocenters. The molecule has 0 N–H and O–H groups in total. The van der Waals surface area contributed by atoms with Crippen molar-refractivity contribution in [3.05, 3.63) is 65.9 Å². The number of rotatable bonds is 5. The second kappa shape index (κ2) is 7.55. The Morgan fingerprint density at radius 1 is 0.926 bits per heavy atom. The molecule has 1 aromatic carbocycles. The Morgan fingerprint density at radius 2 is 1.70 bits per heavy atom. The van der Waals surface area contributed by atoms with E-state index >= 15 is 0 Å². The summed E-state index contributed by atoms with van der Waals surface area (Å²) in [5, 5.41) is 4.75. The van der Waals surface area contributed by atoms with Crippen molar-refractivity contribution in [3.63, 3.8) is 0 Å². The highest BCUT2D eigenvalue weighted by atomic mass is 35.5. The molecular weight excluding hydrogens is 364 g/mol. The Kier molecular flexibility index (Phi) is 4.80. The molecule has 27 heavy (non-hydrogen) atoms. The van der Waals surface area contributed by atoms with Crippen molar-refractivity contribution in [3.8, 4) is 40.0 Å². The SMILES string of the molecule is CCOc1nc(-c2ccc(Cl)cc2)ccc1-c1noc(-c2ccncc2)n1. The lowest BCUT2D eigenvalue weighted by Crippen LogP contribution is -1.99. The maximum absolute atomic E-state index is 5.96. The normalized spacial score (nSPS) is 10.7. The van der Waals surface area contributed by atoms with Gasteiger partial charge in [0.05, 0.1) is 17.9 Å². The number of benzene rings is 1. The summed E-state index contributed by atoms with van der Waals surface area (Å²) in [4.78, 5) is 13.1. The van der Waals surface area contributed by atoms with E-state index in [0.717, 1.165) is 16.8 Å². The summed E-state index contributed by atoms with van der Waals surface area (Å²) < 4.78 is 11.1. The molecular formula is C20H15ClN4O2. The van der Waals surface area contributed by atoms with Gasteiger partial charge >= 0.3 is 0 Å². The fourth-order valence-electron chi connectivity index (χ4n) is 2.58. The van der Waals surface area contributed by atoms with Crippen molar-refractivity contribution in [2.45, 2.75) is 6.92 Å². The summed E-state index contributed by atoms with van der Waals surface area (Å²) in [7, 11) is 0. The van der Waals surface area contributed by atoms with E-state index in [0.29, 0.717) is 34.8 Å². The third kappa shape index (κ3) is 3.66. The summed E-state index contributed by atoms with van der Waals surface area (Å²) >= 11 is 5.96. The van der Waals surface area contributed by atoms with Gasteiger partial charge in [0, 0.05) is 28.5 Å². The molecule has 7 heteroatoms. The van der Waals surface area contributed by atoms with Crippen LogP contribution in [0.2, 0.25) is 5.02 Å². The van der Waals surface area contributed by atoms with Crippen LogP contribution in [0.25, 0.3) is 34.1 Å². The van der Waals surface area contributed by atoms with E-state index in [1.807, 2.05) is 55.5 Å². The third-order valence-electron chi connectivity index (χ3n) is 3.88. The van der Waals surface area contributed by atoms with E-state index in [1.165, 1.54) is 0 Å². The first-order chi connectivity index (χ1) is 13.2. The molecule has 0 aliphatic carbocycles. The Hall–Kier alpha value is -3.25. The highest BCUT2D eigenvalue weighted by Crippen LogP contribution is 2.31. The van der Waals surface area contributed by atoms with Crippen LogP contribution in [0, 0.1) is 0 Å². The zero-order chi connectivity index (χ0) is 18.6. The molecule has 0 atom stereocenters. The van der Waals surface area contributed by atoms with Gasteiger partial charge in [0.1, 0.15) is 0 Å². The van der Waals surface area contributed by atoms with Gasteiger partial charge in [0.25, 0.3) is 5.89 Å². The Bertz CT molecular complexity index is 1050. The molecule has 134 valence electrons. The summed E-state index contributed by atoms with van der Waals surface area (Å²) in [6, 6.07) is 14.9. The van der Waals surface area contributed by atoms with Crippen molar-refractivity contribution in [1.29, 1.82) is 0 Å². The maximum Gasteiger partial charge on any atom is 0.258 e. The minimum atomic E-state index is 0.414. The highest BCUT2D eigenvalue weighted by Gasteiger charge is 2.17. The van der Waals surface area contributed by atoms with Crippen LogP contribution in [0.5, 0.6) is 5.88 Å². The Labute approximate surface area is 160 Å². The quantitative estimate of drug-likeness (QED) is 0.491. The molecule has 0 amide bonds. The van der Waals surface area contributed by atoms with Gasteiger partial charge in [0.2, 0.25) is 11.7 Å². The number of pyridine rings is 2. The number of halogens is 1. The van der Waals surface area contributed by atoms with Crippen molar-refractivity contribution in [1.82, 2.24) is 20.1 Å². The van der Waals surface area contributed by atoms with Crippen LogP contribution in [0.15, 0.2) is 65.4 Å². The minimum absolute atomic E-state index is 0.414. The van der Waals surface area contributed by atoms with Gasteiger partial charge in [-0.05, 0) is 43.3 Å². The van der Waals surface area contributed by atoms with Gasteiger partial charge in [-0.2, -0.15) is 4.98 Å². The van der Waals surface area contributed by atoms with Crippen LogP contribution in [0.1, 0.15) is 6.92 Å².